The number of aryl methyl sites for hydroxylation is 1. The first-order valence-corrected chi connectivity index (χ1v) is 10.9. The van der Waals surface area contributed by atoms with Crippen molar-refractivity contribution < 1.29 is 4.79 Å². The van der Waals surface area contributed by atoms with Crippen LogP contribution in [0.4, 0.5) is 5.69 Å². The summed E-state index contributed by atoms with van der Waals surface area (Å²) < 4.78 is 2.22. The SMILES string of the molecule is Cc1cc(/C=C2/SC(=Nc3ccccc3)N(Cc3ccccc3)C2=O)cn1C(C)C. The Morgan fingerprint density at radius 3 is 2.33 bits per heavy atom. The number of aliphatic imine (C=N–C) groups is 1. The maximum absolute atomic E-state index is 13.3. The Morgan fingerprint density at radius 1 is 1.03 bits per heavy atom. The number of aromatic nitrogens is 1. The molecule has 0 spiro atoms. The molecule has 0 unspecified atom stereocenters. The summed E-state index contributed by atoms with van der Waals surface area (Å²) in [4.78, 5) is 20.5. The Kier molecular flexibility index (Phi) is 5.91. The lowest BCUT2D eigenvalue weighted by Gasteiger charge is -2.15. The van der Waals surface area contributed by atoms with E-state index in [0.717, 1.165) is 16.8 Å². The summed E-state index contributed by atoms with van der Waals surface area (Å²) in [6.45, 7) is 6.91. The van der Waals surface area contributed by atoms with Crippen LogP contribution in [0.3, 0.4) is 0 Å². The van der Waals surface area contributed by atoms with Crippen LogP contribution in [0, 0.1) is 6.92 Å². The second-order valence-corrected chi connectivity index (χ2v) is 8.64. The van der Waals surface area contributed by atoms with E-state index < -0.39 is 0 Å². The minimum Gasteiger partial charge on any atom is -0.349 e. The maximum atomic E-state index is 13.3. The van der Waals surface area contributed by atoms with E-state index in [4.69, 9.17) is 4.99 Å². The number of hydrogen-bond donors (Lipinski definition) is 0. The highest BCUT2D eigenvalue weighted by molar-refractivity contribution is 8.18. The van der Waals surface area contributed by atoms with Crippen LogP contribution in [0.1, 0.15) is 36.7 Å². The lowest BCUT2D eigenvalue weighted by atomic mass is 10.2. The lowest BCUT2D eigenvalue weighted by Crippen LogP contribution is -2.28. The largest absolute Gasteiger partial charge is 0.349 e. The van der Waals surface area contributed by atoms with E-state index in [1.165, 1.54) is 17.5 Å². The Labute approximate surface area is 181 Å². The van der Waals surface area contributed by atoms with E-state index in [9.17, 15) is 4.79 Å². The van der Waals surface area contributed by atoms with Gasteiger partial charge in [-0.3, -0.25) is 9.69 Å². The van der Waals surface area contributed by atoms with Crippen LogP contribution in [-0.4, -0.2) is 20.5 Å². The average Bonchev–Trinajstić information content (AvgIpc) is 3.24. The smallest absolute Gasteiger partial charge is 0.267 e. The summed E-state index contributed by atoms with van der Waals surface area (Å²) in [5.74, 6) is -0.00603. The zero-order chi connectivity index (χ0) is 21.1. The normalized spacial score (nSPS) is 16.9. The number of thioether (sulfide) groups is 1. The van der Waals surface area contributed by atoms with Gasteiger partial charge in [0.05, 0.1) is 17.1 Å². The molecule has 1 saturated heterocycles. The predicted molar refractivity (Wildman–Crippen MR) is 126 cm³/mol. The molecule has 1 aliphatic rings. The number of carbonyl (C=O) groups is 1. The number of carbonyl (C=O) groups excluding carboxylic acids is 1. The second-order valence-electron chi connectivity index (χ2n) is 7.63. The van der Waals surface area contributed by atoms with Gasteiger partial charge in [0.2, 0.25) is 0 Å². The Hall–Kier alpha value is -3.05. The van der Waals surface area contributed by atoms with Gasteiger partial charge in [0.25, 0.3) is 5.91 Å². The summed E-state index contributed by atoms with van der Waals surface area (Å²) in [6.07, 6.45) is 4.08. The minimum atomic E-state index is -0.00603. The number of amidine groups is 1. The molecule has 1 amide bonds. The summed E-state index contributed by atoms with van der Waals surface area (Å²) in [7, 11) is 0. The fourth-order valence-corrected chi connectivity index (χ4v) is 4.51. The van der Waals surface area contributed by atoms with Crippen molar-refractivity contribution in [3.63, 3.8) is 0 Å². The van der Waals surface area contributed by atoms with Gasteiger partial charge in [0.1, 0.15) is 0 Å². The summed E-state index contributed by atoms with van der Waals surface area (Å²) in [5.41, 5.74) is 4.15. The summed E-state index contributed by atoms with van der Waals surface area (Å²) >= 11 is 1.44. The number of benzene rings is 2. The minimum absolute atomic E-state index is 0.00603. The highest BCUT2D eigenvalue weighted by Gasteiger charge is 2.33. The monoisotopic (exact) mass is 415 g/mol. The number of amides is 1. The number of para-hydroxylation sites is 1. The standard InChI is InChI=1S/C25H25N3OS/c1-18(2)27-17-21(14-19(27)3)15-23-24(29)28(16-20-10-6-4-7-11-20)25(30-23)26-22-12-8-5-9-13-22/h4-15,17-18H,16H2,1-3H3/b23-15+,26-25?. The molecule has 30 heavy (non-hydrogen) atoms. The molecule has 5 heteroatoms. The van der Waals surface area contributed by atoms with E-state index in [2.05, 4.69) is 37.6 Å². The molecule has 0 saturated carbocycles. The van der Waals surface area contributed by atoms with Crippen molar-refractivity contribution in [3.8, 4) is 0 Å². The first-order valence-electron chi connectivity index (χ1n) is 10.1. The zero-order valence-electron chi connectivity index (χ0n) is 17.4. The molecule has 0 atom stereocenters. The molecule has 4 nitrogen and oxygen atoms in total. The Balaban J connectivity index is 1.69. The fraction of sp³-hybridized carbons (Fsp3) is 0.200. The quantitative estimate of drug-likeness (QED) is 0.467. The van der Waals surface area contributed by atoms with Crippen molar-refractivity contribution in [3.05, 3.63) is 94.7 Å². The number of nitrogens with zero attached hydrogens (tertiary/aromatic N) is 3. The second kappa shape index (κ2) is 8.76. The fourth-order valence-electron chi connectivity index (χ4n) is 3.51. The van der Waals surface area contributed by atoms with Gasteiger partial charge in [0, 0.05) is 17.9 Å². The molecule has 2 heterocycles. The molecule has 1 aromatic heterocycles. The van der Waals surface area contributed by atoms with Crippen LogP contribution in [0.15, 0.2) is 82.8 Å². The molecule has 4 rings (SSSR count). The maximum Gasteiger partial charge on any atom is 0.267 e. The third-order valence-electron chi connectivity index (χ3n) is 4.98. The molecule has 0 aliphatic carbocycles. The third kappa shape index (κ3) is 4.41. The van der Waals surface area contributed by atoms with Gasteiger partial charge in [0.15, 0.2) is 5.17 Å². The Morgan fingerprint density at radius 2 is 1.70 bits per heavy atom. The van der Waals surface area contributed by atoms with Crippen molar-refractivity contribution in [1.82, 2.24) is 9.47 Å². The predicted octanol–water partition coefficient (Wildman–Crippen LogP) is 6.18. The van der Waals surface area contributed by atoms with Gasteiger partial charge in [-0.2, -0.15) is 0 Å². The highest BCUT2D eigenvalue weighted by Crippen LogP contribution is 2.35. The van der Waals surface area contributed by atoms with Gasteiger partial charge in [-0.1, -0.05) is 48.5 Å². The van der Waals surface area contributed by atoms with Crippen molar-refractivity contribution in [2.24, 2.45) is 4.99 Å². The first kappa shape index (κ1) is 20.2. The molecular weight excluding hydrogens is 390 g/mol. The van der Waals surface area contributed by atoms with Crippen molar-refractivity contribution >= 4 is 34.6 Å². The molecule has 2 aromatic carbocycles. The van der Waals surface area contributed by atoms with E-state index >= 15 is 0 Å². The van der Waals surface area contributed by atoms with Crippen LogP contribution in [0.25, 0.3) is 6.08 Å². The number of hydrogen-bond acceptors (Lipinski definition) is 3. The molecule has 0 radical (unpaired) electrons. The van der Waals surface area contributed by atoms with E-state index in [0.29, 0.717) is 22.7 Å². The van der Waals surface area contributed by atoms with Gasteiger partial charge < -0.3 is 4.57 Å². The molecule has 1 aliphatic heterocycles. The summed E-state index contributed by atoms with van der Waals surface area (Å²) in [6, 6.07) is 22.3. The van der Waals surface area contributed by atoms with Crippen molar-refractivity contribution in [2.75, 3.05) is 0 Å². The van der Waals surface area contributed by atoms with Gasteiger partial charge in [-0.25, -0.2) is 4.99 Å². The van der Waals surface area contributed by atoms with Crippen molar-refractivity contribution in [2.45, 2.75) is 33.4 Å². The van der Waals surface area contributed by atoms with Crippen LogP contribution < -0.4 is 0 Å². The van der Waals surface area contributed by atoms with Crippen LogP contribution in [0.2, 0.25) is 0 Å². The molecule has 1 fully saturated rings. The lowest BCUT2D eigenvalue weighted by molar-refractivity contribution is -0.122. The summed E-state index contributed by atoms with van der Waals surface area (Å²) in [5, 5.41) is 0.710. The van der Waals surface area contributed by atoms with E-state index in [1.54, 1.807) is 4.90 Å². The third-order valence-corrected chi connectivity index (χ3v) is 5.98. The zero-order valence-corrected chi connectivity index (χ0v) is 18.3. The highest BCUT2D eigenvalue weighted by atomic mass is 32.2. The van der Waals surface area contributed by atoms with Gasteiger partial charge >= 0.3 is 0 Å². The van der Waals surface area contributed by atoms with Gasteiger partial charge in [-0.05, 0) is 67.9 Å². The van der Waals surface area contributed by atoms with E-state index in [1.807, 2.05) is 66.7 Å². The Bertz CT molecular complexity index is 1100. The topological polar surface area (TPSA) is 37.6 Å². The van der Waals surface area contributed by atoms with E-state index in [-0.39, 0.29) is 5.91 Å². The molecule has 0 N–H and O–H groups in total. The first-order chi connectivity index (χ1) is 14.5. The van der Waals surface area contributed by atoms with Crippen molar-refractivity contribution in [1.29, 1.82) is 0 Å². The number of rotatable bonds is 5. The van der Waals surface area contributed by atoms with Gasteiger partial charge in [-0.15, -0.1) is 0 Å². The van der Waals surface area contributed by atoms with Crippen LogP contribution in [-0.2, 0) is 11.3 Å². The molecule has 0 bridgehead atoms. The average molecular weight is 416 g/mol. The molecular formula is C25H25N3OS. The molecule has 3 aromatic rings. The van der Waals surface area contributed by atoms with Crippen LogP contribution >= 0.6 is 11.8 Å². The van der Waals surface area contributed by atoms with Crippen LogP contribution in [0.5, 0.6) is 0 Å². The molecule has 152 valence electrons.